The van der Waals surface area contributed by atoms with Gasteiger partial charge in [0, 0.05) is 19.2 Å². The van der Waals surface area contributed by atoms with Gasteiger partial charge in [-0.25, -0.2) is 0 Å². The van der Waals surface area contributed by atoms with Crippen molar-refractivity contribution in [2.45, 2.75) is 63.7 Å². The molecule has 0 aromatic carbocycles. The molecule has 0 bridgehead atoms. The van der Waals surface area contributed by atoms with E-state index in [9.17, 15) is 5.11 Å². The standard InChI is InChI=1S/C13H25NO2/c1-10-13(6-7-16-10)14-9-12(15)8-11-4-2-3-5-11/h10-15H,2-9H2,1H3. The number of ether oxygens (including phenoxy) is 1. The molecule has 1 saturated heterocycles. The second-order valence-corrected chi connectivity index (χ2v) is 5.42. The van der Waals surface area contributed by atoms with Crippen LogP contribution < -0.4 is 5.32 Å². The van der Waals surface area contributed by atoms with Crippen LogP contribution in [0.1, 0.15) is 45.4 Å². The van der Waals surface area contributed by atoms with Crippen LogP contribution in [0, 0.1) is 5.92 Å². The Bertz CT molecular complexity index is 204. The number of hydrogen-bond donors (Lipinski definition) is 2. The normalized spacial score (nSPS) is 33.4. The second-order valence-electron chi connectivity index (χ2n) is 5.42. The predicted molar refractivity (Wildman–Crippen MR) is 64.4 cm³/mol. The van der Waals surface area contributed by atoms with Crippen LogP contribution in [0.15, 0.2) is 0 Å². The lowest BCUT2D eigenvalue weighted by atomic mass is 10.00. The fourth-order valence-electron chi connectivity index (χ4n) is 3.00. The lowest BCUT2D eigenvalue weighted by Crippen LogP contribution is -2.39. The predicted octanol–water partition coefficient (Wildman–Crippen LogP) is 1.69. The van der Waals surface area contributed by atoms with Crippen molar-refractivity contribution in [3.8, 4) is 0 Å². The van der Waals surface area contributed by atoms with Crippen LogP contribution in [-0.2, 0) is 4.74 Å². The molecule has 3 atom stereocenters. The number of aliphatic hydroxyl groups is 1. The third-order valence-electron chi connectivity index (χ3n) is 4.07. The third kappa shape index (κ3) is 3.44. The van der Waals surface area contributed by atoms with E-state index >= 15 is 0 Å². The van der Waals surface area contributed by atoms with Gasteiger partial charge in [0.05, 0.1) is 12.2 Å². The molecule has 0 aromatic heterocycles. The number of rotatable bonds is 5. The first-order valence-electron chi connectivity index (χ1n) is 6.78. The van der Waals surface area contributed by atoms with Gasteiger partial charge in [-0.3, -0.25) is 0 Å². The number of hydrogen-bond acceptors (Lipinski definition) is 3. The highest BCUT2D eigenvalue weighted by Gasteiger charge is 2.25. The van der Waals surface area contributed by atoms with Gasteiger partial charge in [-0.2, -0.15) is 0 Å². The summed E-state index contributed by atoms with van der Waals surface area (Å²) in [5.74, 6) is 0.772. The minimum atomic E-state index is -0.170. The summed E-state index contributed by atoms with van der Waals surface area (Å²) < 4.78 is 5.49. The molecule has 3 heteroatoms. The summed E-state index contributed by atoms with van der Waals surface area (Å²) in [6, 6.07) is 0.443. The van der Waals surface area contributed by atoms with Crippen molar-refractivity contribution < 1.29 is 9.84 Å². The maximum atomic E-state index is 9.95. The van der Waals surface area contributed by atoms with Crippen molar-refractivity contribution in [3.63, 3.8) is 0 Å². The van der Waals surface area contributed by atoms with E-state index in [4.69, 9.17) is 4.74 Å². The van der Waals surface area contributed by atoms with Gasteiger partial charge in [-0.1, -0.05) is 25.7 Å². The molecule has 1 heterocycles. The van der Waals surface area contributed by atoms with Crippen LogP contribution in [0.3, 0.4) is 0 Å². The first-order valence-corrected chi connectivity index (χ1v) is 6.78. The summed E-state index contributed by atoms with van der Waals surface area (Å²) in [7, 11) is 0. The van der Waals surface area contributed by atoms with Gasteiger partial charge >= 0.3 is 0 Å². The van der Waals surface area contributed by atoms with Crippen molar-refractivity contribution in [1.82, 2.24) is 5.32 Å². The Balaban J connectivity index is 1.61. The topological polar surface area (TPSA) is 41.5 Å². The van der Waals surface area contributed by atoms with Crippen molar-refractivity contribution in [2.75, 3.05) is 13.2 Å². The number of nitrogens with one attached hydrogen (secondary N) is 1. The molecular weight excluding hydrogens is 202 g/mol. The molecule has 2 aliphatic rings. The third-order valence-corrected chi connectivity index (χ3v) is 4.07. The minimum Gasteiger partial charge on any atom is -0.392 e. The molecule has 0 spiro atoms. The van der Waals surface area contributed by atoms with Gasteiger partial charge in [0.1, 0.15) is 0 Å². The Morgan fingerprint density at radius 2 is 2.06 bits per heavy atom. The van der Waals surface area contributed by atoms with E-state index in [1.54, 1.807) is 0 Å². The molecule has 0 radical (unpaired) electrons. The smallest absolute Gasteiger partial charge is 0.0700 e. The number of aliphatic hydroxyl groups excluding tert-OH is 1. The Hall–Kier alpha value is -0.120. The van der Waals surface area contributed by atoms with Gasteiger partial charge in [0.15, 0.2) is 0 Å². The second kappa shape index (κ2) is 5.99. The molecule has 0 amide bonds. The maximum Gasteiger partial charge on any atom is 0.0700 e. The lowest BCUT2D eigenvalue weighted by molar-refractivity contribution is 0.102. The highest BCUT2D eigenvalue weighted by Crippen LogP contribution is 2.28. The van der Waals surface area contributed by atoms with E-state index in [1.165, 1.54) is 25.7 Å². The monoisotopic (exact) mass is 227 g/mol. The molecule has 94 valence electrons. The van der Waals surface area contributed by atoms with Crippen LogP contribution in [0.5, 0.6) is 0 Å². The average Bonchev–Trinajstić information content (AvgIpc) is 2.87. The summed E-state index contributed by atoms with van der Waals surface area (Å²) in [6.07, 6.45) is 7.55. The molecule has 1 saturated carbocycles. The molecule has 1 aliphatic heterocycles. The van der Waals surface area contributed by atoms with Crippen molar-refractivity contribution >= 4 is 0 Å². The van der Waals surface area contributed by atoms with Gasteiger partial charge in [0.25, 0.3) is 0 Å². The summed E-state index contributed by atoms with van der Waals surface area (Å²) in [5, 5.41) is 13.4. The first kappa shape index (κ1) is 12.3. The maximum absolute atomic E-state index is 9.95. The van der Waals surface area contributed by atoms with E-state index in [1.807, 2.05) is 0 Å². The minimum absolute atomic E-state index is 0.170. The molecule has 16 heavy (non-hydrogen) atoms. The van der Waals surface area contributed by atoms with E-state index in [-0.39, 0.29) is 6.10 Å². The summed E-state index contributed by atoms with van der Waals surface area (Å²) in [5.41, 5.74) is 0. The highest BCUT2D eigenvalue weighted by atomic mass is 16.5. The average molecular weight is 227 g/mol. The van der Waals surface area contributed by atoms with Crippen molar-refractivity contribution in [3.05, 3.63) is 0 Å². The highest BCUT2D eigenvalue weighted by molar-refractivity contribution is 4.81. The van der Waals surface area contributed by atoms with E-state index < -0.39 is 0 Å². The van der Waals surface area contributed by atoms with E-state index in [0.717, 1.165) is 31.9 Å². The van der Waals surface area contributed by atoms with Crippen LogP contribution >= 0.6 is 0 Å². The molecule has 2 fully saturated rings. The Morgan fingerprint density at radius 3 is 2.69 bits per heavy atom. The molecule has 3 unspecified atom stereocenters. The first-order chi connectivity index (χ1) is 7.75. The fraction of sp³-hybridized carbons (Fsp3) is 1.00. The zero-order chi connectivity index (χ0) is 11.4. The fourth-order valence-corrected chi connectivity index (χ4v) is 3.00. The summed E-state index contributed by atoms with van der Waals surface area (Å²) >= 11 is 0. The van der Waals surface area contributed by atoms with Crippen molar-refractivity contribution in [1.29, 1.82) is 0 Å². The molecule has 1 aliphatic carbocycles. The van der Waals surface area contributed by atoms with Gasteiger partial charge in [-0.05, 0) is 25.7 Å². The van der Waals surface area contributed by atoms with Crippen LogP contribution in [0.25, 0.3) is 0 Å². The van der Waals surface area contributed by atoms with Gasteiger partial charge < -0.3 is 15.2 Å². The Labute approximate surface area is 98.6 Å². The van der Waals surface area contributed by atoms with Crippen LogP contribution in [0.4, 0.5) is 0 Å². The zero-order valence-electron chi connectivity index (χ0n) is 10.3. The van der Waals surface area contributed by atoms with Gasteiger partial charge in [0.2, 0.25) is 0 Å². The summed E-state index contributed by atoms with van der Waals surface area (Å²) in [4.78, 5) is 0. The lowest BCUT2D eigenvalue weighted by Gasteiger charge is -2.20. The van der Waals surface area contributed by atoms with E-state index in [2.05, 4.69) is 12.2 Å². The Kier molecular flexibility index (Phi) is 4.62. The largest absolute Gasteiger partial charge is 0.392 e. The van der Waals surface area contributed by atoms with Crippen LogP contribution in [-0.4, -0.2) is 36.5 Å². The van der Waals surface area contributed by atoms with E-state index in [0.29, 0.717) is 12.1 Å². The zero-order valence-corrected chi connectivity index (χ0v) is 10.3. The molecular formula is C13H25NO2. The summed E-state index contributed by atoms with van der Waals surface area (Å²) in [6.45, 7) is 3.69. The van der Waals surface area contributed by atoms with Crippen LogP contribution in [0.2, 0.25) is 0 Å². The van der Waals surface area contributed by atoms with Gasteiger partial charge in [-0.15, -0.1) is 0 Å². The molecule has 0 aromatic rings. The SMILES string of the molecule is CC1OCCC1NCC(O)CC1CCCC1. The Morgan fingerprint density at radius 1 is 1.31 bits per heavy atom. The molecule has 2 N–H and O–H groups in total. The van der Waals surface area contributed by atoms with Crippen molar-refractivity contribution in [2.24, 2.45) is 5.92 Å². The quantitative estimate of drug-likeness (QED) is 0.751. The molecule has 2 rings (SSSR count). The molecule has 3 nitrogen and oxygen atoms in total.